The molecule has 0 atom stereocenters. The predicted molar refractivity (Wildman–Crippen MR) is 90.4 cm³/mol. The van der Waals surface area contributed by atoms with Crippen molar-refractivity contribution in [2.75, 3.05) is 31.1 Å². The van der Waals surface area contributed by atoms with Crippen LogP contribution in [0.1, 0.15) is 21.5 Å². The highest BCUT2D eigenvalue weighted by Crippen LogP contribution is 2.26. The van der Waals surface area contributed by atoms with Crippen LogP contribution in [0.3, 0.4) is 0 Å². The highest BCUT2D eigenvalue weighted by molar-refractivity contribution is 5.94. The molecule has 2 aromatic carbocycles. The molecule has 1 saturated heterocycles. The molecule has 1 aliphatic heterocycles. The molecule has 0 unspecified atom stereocenters. The highest BCUT2D eigenvalue weighted by atomic mass is 19.1. The maximum atomic E-state index is 13.3. The summed E-state index contributed by atoms with van der Waals surface area (Å²) in [5.41, 5.74) is 1.84. The number of rotatable bonds is 2. The van der Waals surface area contributed by atoms with Gasteiger partial charge in [0.25, 0.3) is 5.91 Å². The molecule has 0 radical (unpaired) electrons. The summed E-state index contributed by atoms with van der Waals surface area (Å²) in [6.45, 7) is 1.91. The predicted octanol–water partition coefficient (Wildman–Crippen LogP) is 2.53. The molecule has 0 spiro atoms. The summed E-state index contributed by atoms with van der Waals surface area (Å²) < 4.78 is 13.3. The normalized spacial score (nSPS) is 13.9. The van der Waals surface area contributed by atoms with Gasteiger partial charge in [0.15, 0.2) is 0 Å². The SMILES string of the molecule is N#Cc1cccc(C#N)c1N1CCN(C(=O)c2cccc(F)c2)CC1. The molecular weight excluding hydrogens is 319 g/mol. The number of amides is 1. The summed E-state index contributed by atoms with van der Waals surface area (Å²) in [7, 11) is 0. The molecule has 0 aromatic heterocycles. The van der Waals surface area contributed by atoms with Crippen LogP contribution in [0.2, 0.25) is 0 Å². The quantitative estimate of drug-likeness (QED) is 0.846. The lowest BCUT2D eigenvalue weighted by molar-refractivity contribution is 0.0746. The molecule has 1 fully saturated rings. The smallest absolute Gasteiger partial charge is 0.254 e. The van der Waals surface area contributed by atoms with Gasteiger partial charge in [0.2, 0.25) is 0 Å². The van der Waals surface area contributed by atoms with E-state index in [0.717, 1.165) is 0 Å². The van der Waals surface area contributed by atoms with Crippen LogP contribution in [0, 0.1) is 28.5 Å². The standard InChI is InChI=1S/C19H15FN4O/c20-17-6-2-3-14(11-17)19(25)24-9-7-23(8-10-24)18-15(12-21)4-1-5-16(18)13-22/h1-6,11H,7-10H2. The zero-order valence-corrected chi connectivity index (χ0v) is 13.4. The van der Waals surface area contributed by atoms with Crippen LogP contribution in [0.15, 0.2) is 42.5 Å². The maximum Gasteiger partial charge on any atom is 0.254 e. The van der Waals surface area contributed by atoms with E-state index in [0.29, 0.717) is 48.6 Å². The van der Waals surface area contributed by atoms with Crippen molar-refractivity contribution in [3.8, 4) is 12.1 Å². The third-order valence-electron chi connectivity index (χ3n) is 4.23. The molecule has 1 aliphatic rings. The zero-order valence-electron chi connectivity index (χ0n) is 13.4. The third kappa shape index (κ3) is 3.29. The molecule has 0 saturated carbocycles. The van der Waals surface area contributed by atoms with Crippen LogP contribution in [0.4, 0.5) is 10.1 Å². The number of anilines is 1. The van der Waals surface area contributed by atoms with Gasteiger partial charge in [0.1, 0.15) is 18.0 Å². The van der Waals surface area contributed by atoms with E-state index < -0.39 is 5.82 Å². The summed E-state index contributed by atoms with van der Waals surface area (Å²) in [6.07, 6.45) is 0. The molecule has 25 heavy (non-hydrogen) atoms. The van der Waals surface area contributed by atoms with Gasteiger partial charge in [0.05, 0.1) is 16.8 Å². The van der Waals surface area contributed by atoms with Crippen LogP contribution in [0.25, 0.3) is 0 Å². The van der Waals surface area contributed by atoms with Gasteiger partial charge < -0.3 is 9.80 Å². The largest absolute Gasteiger partial charge is 0.366 e. The summed E-state index contributed by atoms with van der Waals surface area (Å²) in [6, 6.07) is 14.9. The highest BCUT2D eigenvalue weighted by Gasteiger charge is 2.25. The van der Waals surface area contributed by atoms with Gasteiger partial charge in [-0.1, -0.05) is 12.1 Å². The number of hydrogen-bond acceptors (Lipinski definition) is 4. The van der Waals surface area contributed by atoms with Gasteiger partial charge in [-0.2, -0.15) is 10.5 Å². The summed E-state index contributed by atoms with van der Waals surface area (Å²) in [5, 5.41) is 18.6. The number of para-hydroxylation sites is 1. The van der Waals surface area contributed by atoms with Crippen molar-refractivity contribution in [3.05, 3.63) is 65.0 Å². The molecular formula is C19H15FN4O. The first-order valence-electron chi connectivity index (χ1n) is 7.87. The van der Waals surface area contributed by atoms with Crippen molar-refractivity contribution >= 4 is 11.6 Å². The number of carbonyl (C=O) groups excluding carboxylic acids is 1. The van der Waals surface area contributed by atoms with E-state index >= 15 is 0 Å². The maximum absolute atomic E-state index is 13.3. The van der Waals surface area contributed by atoms with E-state index in [1.54, 1.807) is 29.2 Å². The summed E-state index contributed by atoms with van der Waals surface area (Å²) in [5.74, 6) is -0.653. The lowest BCUT2D eigenvalue weighted by Crippen LogP contribution is -2.49. The van der Waals surface area contributed by atoms with E-state index in [4.69, 9.17) is 0 Å². The van der Waals surface area contributed by atoms with E-state index in [-0.39, 0.29) is 5.91 Å². The van der Waals surface area contributed by atoms with Crippen molar-refractivity contribution in [3.63, 3.8) is 0 Å². The topological polar surface area (TPSA) is 71.1 Å². The fourth-order valence-corrected chi connectivity index (χ4v) is 3.00. The second-order valence-electron chi connectivity index (χ2n) is 5.71. The lowest BCUT2D eigenvalue weighted by Gasteiger charge is -2.36. The van der Waals surface area contributed by atoms with Crippen molar-refractivity contribution in [1.82, 2.24) is 4.90 Å². The van der Waals surface area contributed by atoms with Gasteiger partial charge in [-0.25, -0.2) is 4.39 Å². The Bertz CT molecular complexity index is 857. The average Bonchev–Trinajstić information content (AvgIpc) is 2.66. The monoisotopic (exact) mass is 334 g/mol. The first kappa shape index (κ1) is 16.5. The number of hydrogen-bond donors (Lipinski definition) is 0. The lowest BCUT2D eigenvalue weighted by atomic mass is 10.1. The Morgan fingerprint density at radius 2 is 1.56 bits per heavy atom. The van der Waals surface area contributed by atoms with E-state index in [9.17, 15) is 19.7 Å². The number of halogens is 1. The molecule has 5 nitrogen and oxygen atoms in total. The van der Waals surface area contributed by atoms with Crippen molar-refractivity contribution < 1.29 is 9.18 Å². The van der Waals surface area contributed by atoms with Crippen LogP contribution >= 0.6 is 0 Å². The zero-order chi connectivity index (χ0) is 17.8. The van der Waals surface area contributed by atoms with Crippen molar-refractivity contribution in [2.45, 2.75) is 0 Å². The third-order valence-corrected chi connectivity index (χ3v) is 4.23. The van der Waals surface area contributed by atoms with Gasteiger partial charge in [-0.15, -0.1) is 0 Å². The minimum atomic E-state index is -0.439. The molecule has 0 aliphatic carbocycles. The van der Waals surface area contributed by atoms with Gasteiger partial charge in [0, 0.05) is 31.7 Å². The number of nitriles is 2. The van der Waals surface area contributed by atoms with Gasteiger partial charge >= 0.3 is 0 Å². The Morgan fingerprint density at radius 1 is 0.960 bits per heavy atom. The molecule has 0 N–H and O–H groups in total. The molecule has 6 heteroatoms. The Morgan fingerprint density at radius 3 is 2.12 bits per heavy atom. The Hall–Kier alpha value is -3.38. The van der Waals surface area contributed by atoms with Crippen LogP contribution in [-0.2, 0) is 0 Å². The molecule has 0 bridgehead atoms. The fourth-order valence-electron chi connectivity index (χ4n) is 3.00. The minimum absolute atomic E-state index is 0.215. The Balaban J connectivity index is 1.76. The number of benzene rings is 2. The van der Waals surface area contributed by atoms with Crippen LogP contribution < -0.4 is 4.90 Å². The first-order valence-corrected chi connectivity index (χ1v) is 7.87. The van der Waals surface area contributed by atoms with Crippen LogP contribution in [0.5, 0.6) is 0 Å². The molecule has 1 amide bonds. The first-order chi connectivity index (χ1) is 12.1. The van der Waals surface area contributed by atoms with Crippen molar-refractivity contribution in [2.24, 2.45) is 0 Å². The average molecular weight is 334 g/mol. The molecule has 3 rings (SSSR count). The molecule has 124 valence electrons. The van der Waals surface area contributed by atoms with Crippen LogP contribution in [-0.4, -0.2) is 37.0 Å². The van der Waals surface area contributed by atoms with E-state index in [2.05, 4.69) is 12.1 Å². The molecule has 1 heterocycles. The van der Waals surface area contributed by atoms with E-state index in [1.165, 1.54) is 18.2 Å². The number of carbonyl (C=O) groups is 1. The number of piperazine rings is 1. The van der Waals surface area contributed by atoms with Gasteiger partial charge in [-0.05, 0) is 30.3 Å². The summed E-state index contributed by atoms with van der Waals surface area (Å²) in [4.78, 5) is 16.1. The second kappa shape index (κ2) is 7.02. The van der Waals surface area contributed by atoms with Crippen molar-refractivity contribution in [1.29, 1.82) is 10.5 Å². The second-order valence-corrected chi connectivity index (χ2v) is 5.71. The summed E-state index contributed by atoms with van der Waals surface area (Å²) >= 11 is 0. The minimum Gasteiger partial charge on any atom is -0.366 e. The Labute approximate surface area is 145 Å². The van der Waals surface area contributed by atoms with E-state index in [1.807, 2.05) is 4.90 Å². The van der Waals surface area contributed by atoms with Gasteiger partial charge in [-0.3, -0.25) is 4.79 Å². The fraction of sp³-hybridized carbons (Fsp3) is 0.211. The molecule has 2 aromatic rings. The number of nitrogens with zero attached hydrogens (tertiary/aromatic N) is 4. The Kier molecular flexibility index (Phi) is 4.63.